The second-order valence-corrected chi connectivity index (χ2v) is 7.11. The summed E-state index contributed by atoms with van der Waals surface area (Å²) in [6.45, 7) is 8.94. The third-order valence-electron chi connectivity index (χ3n) is 4.93. The van der Waals surface area contributed by atoms with Crippen molar-refractivity contribution < 1.29 is 14.3 Å². The Bertz CT molecular complexity index is 726. The van der Waals surface area contributed by atoms with Crippen molar-refractivity contribution in [2.24, 2.45) is 5.10 Å². The summed E-state index contributed by atoms with van der Waals surface area (Å²) in [6, 6.07) is 5.90. The molecule has 2 aliphatic heterocycles. The molecule has 1 aromatic carbocycles. The number of rotatable bonds is 6. The molecule has 146 valence electrons. The predicted molar refractivity (Wildman–Crippen MR) is 105 cm³/mol. The first-order valence-corrected chi connectivity index (χ1v) is 9.60. The largest absolute Gasteiger partial charge is 0.379 e. The highest BCUT2D eigenvalue weighted by molar-refractivity contribution is 6.40. The Morgan fingerprint density at radius 3 is 2.78 bits per heavy atom. The molecular formula is C20H28N4O3. The fourth-order valence-electron chi connectivity index (χ4n) is 3.28. The minimum atomic E-state index is -0.181. The summed E-state index contributed by atoms with van der Waals surface area (Å²) < 4.78 is 5.34. The van der Waals surface area contributed by atoms with Gasteiger partial charge < -0.3 is 10.1 Å². The van der Waals surface area contributed by atoms with Gasteiger partial charge in [0.1, 0.15) is 5.71 Å². The highest BCUT2D eigenvalue weighted by Crippen LogP contribution is 2.25. The van der Waals surface area contributed by atoms with Crippen LogP contribution in [0.2, 0.25) is 0 Å². The summed E-state index contributed by atoms with van der Waals surface area (Å²) in [4.78, 5) is 27.1. The molecular weight excluding hydrogens is 344 g/mol. The molecule has 0 aromatic heterocycles. The van der Waals surface area contributed by atoms with Gasteiger partial charge in [-0.2, -0.15) is 5.10 Å². The van der Waals surface area contributed by atoms with Gasteiger partial charge in [0.15, 0.2) is 0 Å². The van der Waals surface area contributed by atoms with Gasteiger partial charge in [0.05, 0.1) is 18.9 Å². The van der Waals surface area contributed by atoms with E-state index >= 15 is 0 Å². The molecule has 0 atom stereocenters. The van der Waals surface area contributed by atoms with Crippen LogP contribution >= 0.6 is 0 Å². The van der Waals surface area contributed by atoms with Gasteiger partial charge in [0.2, 0.25) is 5.91 Å². The number of nitrogens with one attached hydrogen (secondary N) is 1. The number of morpholine rings is 1. The number of hydrogen-bond donors (Lipinski definition) is 1. The number of aryl methyl sites for hydroxylation is 2. The van der Waals surface area contributed by atoms with E-state index in [4.69, 9.17) is 4.74 Å². The number of anilines is 1. The molecule has 1 N–H and O–H groups in total. The molecule has 7 heteroatoms. The average molecular weight is 372 g/mol. The van der Waals surface area contributed by atoms with Gasteiger partial charge in [0, 0.05) is 32.5 Å². The molecule has 0 saturated carbocycles. The molecule has 3 rings (SSSR count). The van der Waals surface area contributed by atoms with E-state index in [9.17, 15) is 9.59 Å². The molecule has 7 nitrogen and oxygen atoms in total. The maximum Gasteiger partial charge on any atom is 0.267 e. The molecule has 1 fully saturated rings. The molecule has 0 spiro atoms. The van der Waals surface area contributed by atoms with E-state index in [0.717, 1.165) is 56.1 Å². The van der Waals surface area contributed by atoms with Gasteiger partial charge >= 0.3 is 0 Å². The van der Waals surface area contributed by atoms with E-state index in [0.29, 0.717) is 25.1 Å². The normalized spacial score (nSPS) is 18.4. The zero-order valence-corrected chi connectivity index (χ0v) is 16.2. The van der Waals surface area contributed by atoms with Crippen molar-refractivity contribution in [2.45, 2.75) is 33.1 Å². The maximum absolute atomic E-state index is 12.5. The van der Waals surface area contributed by atoms with Crippen LogP contribution in [-0.2, 0) is 14.3 Å². The molecule has 0 radical (unpaired) electrons. The summed E-state index contributed by atoms with van der Waals surface area (Å²) in [6.07, 6.45) is 1.57. The number of carbonyl (C=O) groups is 2. The number of hydrazone groups is 1. The van der Waals surface area contributed by atoms with Crippen molar-refractivity contribution in [3.63, 3.8) is 0 Å². The summed E-state index contributed by atoms with van der Waals surface area (Å²) in [5.41, 5.74) is 3.18. The van der Waals surface area contributed by atoms with E-state index in [1.54, 1.807) is 0 Å². The molecule has 2 aliphatic rings. The van der Waals surface area contributed by atoms with E-state index in [-0.39, 0.29) is 11.8 Å². The summed E-state index contributed by atoms with van der Waals surface area (Å²) in [7, 11) is 0. The van der Waals surface area contributed by atoms with E-state index in [1.165, 1.54) is 5.01 Å². The fraction of sp³-hybridized carbons (Fsp3) is 0.550. The lowest BCUT2D eigenvalue weighted by Gasteiger charge is -2.26. The number of carbonyl (C=O) groups excluding carboxylic acids is 2. The Kier molecular flexibility index (Phi) is 6.58. The molecule has 1 aromatic rings. The van der Waals surface area contributed by atoms with Crippen molar-refractivity contribution in [1.29, 1.82) is 0 Å². The van der Waals surface area contributed by atoms with Crippen LogP contribution in [0.4, 0.5) is 5.69 Å². The Morgan fingerprint density at radius 1 is 1.22 bits per heavy atom. The van der Waals surface area contributed by atoms with Crippen LogP contribution in [0.5, 0.6) is 0 Å². The number of benzene rings is 1. The first-order chi connectivity index (χ1) is 13.0. The first kappa shape index (κ1) is 19.5. The number of hydrogen-bond acceptors (Lipinski definition) is 5. The van der Waals surface area contributed by atoms with Crippen LogP contribution in [0, 0.1) is 13.8 Å². The van der Waals surface area contributed by atoms with Crippen LogP contribution < -0.4 is 10.3 Å². The van der Waals surface area contributed by atoms with E-state index in [1.807, 2.05) is 32.0 Å². The zero-order chi connectivity index (χ0) is 19.2. The van der Waals surface area contributed by atoms with Crippen molar-refractivity contribution >= 4 is 23.2 Å². The molecule has 0 unspecified atom stereocenters. The van der Waals surface area contributed by atoms with Crippen LogP contribution in [-0.4, -0.2) is 61.8 Å². The van der Waals surface area contributed by atoms with Gasteiger partial charge in [0.25, 0.3) is 5.91 Å². The standard InChI is InChI=1S/C20H28N4O3/c1-15-4-5-16(2)18(14-15)24-19(25)7-6-17(22-24)20(26)21-8-3-9-23-10-12-27-13-11-23/h4-5,14H,3,6-13H2,1-2H3,(H,21,26). The number of amides is 2. The lowest BCUT2D eigenvalue weighted by Crippen LogP contribution is -2.41. The Balaban J connectivity index is 1.57. The second kappa shape index (κ2) is 9.10. The fourth-order valence-corrected chi connectivity index (χ4v) is 3.28. The van der Waals surface area contributed by atoms with Crippen molar-refractivity contribution in [3.8, 4) is 0 Å². The van der Waals surface area contributed by atoms with Crippen LogP contribution in [0.25, 0.3) is 0 Å². The summed E-state index contributed by atoms with van der Waals surface area (Å²) in [5, 5.41) is 8.69. The maximum atomic E-state index is 12.5. The van der Waals surface area contributed by atoms with Crippen LogP contribution in [0.3, 0.4) is 0 Å². The number of ether oxygens (including phenoxy) is 1. The Hall–Kier alpha value is -2.25. The molecule has 2 heterocycles. The highest BCUT2D eigenvalue weighted by Gasteiger charge is 2.26. The van der Waals surface area contributed by atoms with Crippen LogP contribution in [0.1, 0.15) is 30.4 Å². The topological polar surface area (TPSA) is 74.2 Å². The lowest BCUT2D eigenvalue weighted by atomic mass is 10.1. The molecule has 0 bridgehead atoms. The van der Waals surface area contributed by atoms with Crippen LogP contribution in [0.15, 0.2) is 23.3 Å². The van der Waals surface area contributed by atoms with Gasteiger partial charge in [-0.15, -0.1) is 0 Å². The predicted octanol–water partition coefficient (Wildman–Crippen LogP) is 1.62. The first-order valence-electron chi connectivity index (χ1n) is 9.60. The van der Waals surface area contributed by atoms with Crippen molar-refractivity contribution in [1.82, 2.24) is 10.2 Å². The van der Waals surface area contributed by atoms with E-state index < -0.39 is 0 Å². The number of nitrogens with zero attached hydrogens (tertiary/aromatic N) is 3. The third-order valence-corrected chi connectivity index (χ3v) is 4.93. The quantitative estimate of drug-likeness (QED) is 0.770. The van der Waals surface area contributed by atoms with Crippen molar-refractivity contribution in [3.05, 3.63) is 29.3 Å². The average Bonchev–Trinajstić information content (AvgIpc) is 2.68. The summed E-state index contributed by atoms with van der Waals surface area (Å²) >= 11 is 0. The van der Waals surface area contributed by atoms with Gasteiger partial charge in [-0.05, 0) is 44.0 Å². The van der Waals surface area contributed by atoms with Gasteiger partial charge in [-0.25, -0.2) is 5.01 Å². The smallest absolute Gasteiger partial charge is 0.267 e. The zero-order valence-electron chi connectivity index (χ0n) is 16.2. The summed E-state index contributed by atoms with van der Waals surface area (Å²) in [5.74, 6) is -0.257. The molecule has 1 saturated heterocycles. The second-order valence-electron chi connectivity index (χ2n) is 7.11. The van der Waals surface area contributed by atoms with Gasteiger partial charge in [-0.3, -0.25) is 14.5 Å². The lowest BCUT2D eigenvalue weighted by molar-refractivity contribution is -0.119. The van der Waals surface area contributed by atoms with Gasteiger partial charge in [-0.1, -0.05) is 12.1 Å². The molecule has 2 amide bonds. The van der Waals surface area contributed by atoms with Crippen molar-refractivity contribution in [2.75, 3.05) is 44.4 Å². The van der Waals surface area contributed by atoms with E-state index in [2.05, 4.69) is 15.3 Å². The highest BCUT2D eigenvalue weighted by atomic mass is 16.5. The minimum absolute atomic E-state index is 0.0763. The molecule has 27 heavy (non-hydrogen) atoms. The minimum Gasteiger partial charge on any atom is -0.379 e. The molecule has 0 aliphatic carbocycles. The SMILES string of the molecule is Cc1ccc(C)c(N2N=C(C(=O)NCCCN3CCOCC3)CCC2=O)c1. The third kappa shape index (κ3) is 5.14. The Morgan fingerprint density at radius 2 is 2.00 bits per heavy atom. The Labute approximate surface area is 160 Å². The monoisotopic (exact) mass is 372 g/mol.